The van der Waals surface area contributed by atoms with E-state index in [9.17, 15) is 9.59 Å². The summed E-state index contributed by atoms with van der Waals surface area (Å²) < 4.78 is 23.8. The van der Waals surface area contributed by atoms with Gasteiger partial charge in [0.25, 0.3) is 5.91 Å². The Kier molecular flexibility index (Phi) is 7.24. The first-order chi connectivity index (χ1) is 16.8. The number of aryl methyl sites for hydroxylation is 2. The van der Waals surface area contributed by atoms with Gasteiger partial charge in [-0.1, -0.05) is 6.07 Å². The zero-order valence-corrected chi connectivity index (χ0v) is 21.4. The van der Waals surface area contributed by atoms with Crippen LogP contribution < -0.4 is 18.9 Å². The average Bonchev–Trinajstić information content (AvgIpc) is 2.80. The van der Waals surface area contributed by atoms with Crippen LogP contribution in [-0.4, -0.2) is 55.1 Å². The minimum absolute atomic E-state index is 0.0981. The standard InChI is InChI=1S/C28H35NO6/c1-6-32-23-15-20(16-24(33-7-2)26(23)34-8-3)27(31)29-11-9-28(10-12-29)17-21(30)25-19(5)13-18(4)14-22(25)35-28/h13-16H,6-12,17H2,1-5H3. The Bertz CT molecular complexity index is 1090. The molecule has 0 N–H and O–H groups in total. The van der Waals surface area contributed by atoms with Crippen LogP contribution in [0.25, 0.3) is 0 Å². The van der Waals surface area contributed by atoms with Crippen molar-refractivity contribution in [1.29, 1.82) is 0 Å². The lowest BCUT2D eigenvalue weighted by molar-refractivity contribution is -0.00583. The highest BCUT2D eigenvalue weighted by Crippen LogP contribution is 2.42. The van der Waals surface area contributed by atoms with Gasteiger partial charge in [-0.15, -0.1) is 0 Å². The van der Waals surface area contributed by atoms with Crippen molar-refractivity contribution in [1.82, 2.24) is 4.90 Å². The number of carbonyl (C=O) groups excluding carboxylic acids is 2. The zero-order chi connectivity index (χ0) is 25.2. The second kappa shape index (κ2) is 10.2. The fourth-order valence-electron chi connectivity index (χ4n) is 5.11. The van der Waals surface area contributed by atoms with E-state index in [0.717, 1.165) is 11.1 Å². The third kappa shape index (κ3) is 4.95. The largest absolute Gasteiger partial charge is 0.490 e. The van der Waals surface area contributed by atoms with Crippen molar-refractivity contribution in [3.63, 3.8) is 0 Å². The summed E-state index contributed by atoms with van der Waals surface area (Å²) >= 11 is 0. The zero-order valence-electron chi connectivity index (χ0n) is 21.4. The minimum Gasteiger partial charge on any atom is -0.490 e. The summed E-state index contributed by atoms with van der Waals surface area (Å²) in [6.45, 7) is 12.0. The van der Waals surface area contributed by atoms with Crippen LogP contribution in [0.4, 0.5) is 0 Å². The third-order valence-electron chi connectivity index (χ3n) is 6.65. The number of likely N-dealkylation sites (tertiary alicyclic amines) is 1. The molecular weight excluding hydrogens is 446 g/mol. The summed E-state index contributed by atoms with van der Waals surface area (Å²) in [7, 11) is 0. The van der Waals surface area contributed by atoms with Crippen molar-refractivity contribution in [3.8, 4) is 23.0 Å². The summed E-state index contributed by atoms with van der Waals surface area (Å²) in [5.41, 5.74) is 2.66. The summed E-state index contributed by atoms with van der Waals surface area (Å²) in [5, 5.41) is 0. The van der Waals surface area contributed by atoms with E-state index in [0.29, 0.717) is 86.3 Å². The Morgan fingerprint density at radius 2 is 1.54 bits per heavy atom. The molecule has 2 aliphatic heterocycles. The van der Waals surface area contributed by atoms with E-state index in [4.69, 9.17) is 18.9 Å². The first kappa shape index (κ1) is 24.9. The predicted octanol–water partition coefficient (Wildman–Crippen LogP) is 5.14. The topological polar surface area (TPSA) is 74.3 Å². The van der Waals surface area contributed by atoms with E-state index < -0.39 is 5.60 Å². The van der Waals surface area contributed by atoms with Crippen molar-refractivity contribution >= 4 is 11.7 Å². The molecule has 1 fully saturated rings. The van der Waals surface area contributed by atoms with Gasteiger partial charge in [0.05, 0.1) is 31.8 Å². The van der Waals surface area contributed by atoms with Gasteiger partial charge in [0.2, 0.25) is 5.75 Å². The number of ether oxygens (including phenoxy) is 4. The quantitative estimate of drug-likeness (QED) is 0.545. The Morgan fingerprint density at radius 1 is 0.943 bits per heavy atom. The second-order valence-electron chi connectivity index (χ2n) is 9.23. The van der Waals surface area contributed by atoms with E-state index in [2.05, 4.69) is 0 Å². The summed E-state index contributed by atoms with van der Waals surface area (Å²) in [5.74, 6) is 2.22. The maximum absolute atomic E-state index is 13.5. The molecule has 0 radical (unpaired) electrons. The Balaban J connectivity index is 1.54. The van der Waals surface area contributed by atoms with Crippen molar-refractivity contribution < 1.29 is 28.5 Å². The number of amides is 1. The van der Waals surface area contributed by atoms with Crippen LogP contribution in [0.1, 0.15) is 71.9 Å². The first-order valence-electron chi connectivity index (χ1n) is 12.5. The maximum Gasteiger partial charge on any atom is 0.254 e. The van der Waals surface area contributed by atoms with Gasteiger partial charge in [0.1, 0.15) is 11.4 Å². The SMILES string of the molecule is CCOc1cc(C(=O)N2CCC3(CC2)CC(=O)c2c(C)cc(C)cc2O3)cc(OCC)c1OCC. The molecule has 1 spiro atoms. The van der Waals surface area contributed by atoms with Crippen LogP contribution in [0.3, 0.4) is 0 Å². The number of ketones is 1. The van der Waals surface area contributed by atoms with E-state index >= 15 is 0 Å². The van der Waals surface area contributed by atoms with Gasteiger partial charge in [-0.2, -0.15) is 0 Å². The molecule has 0 saturated carbocycles. The van der Waals surface area contributed by atoms with Crippen molar-refractivity contribution in [3.05, 3.63) is 46.5 Å². The highest BCUT2D eigenvalue weighted by Gasteiger charge is 2.44. The normalized spacial score (nSPS) is 16.5. The van der Waals surface area contributed by atoms with E-state index in [-0.39, 0.29) is 11.7 Å². The van der Waals surface area contributed by atoms with Crippen molar-refractivity contribution in [2.75, 3.05) is 32.9 Å². The molecule has 2 heterocycles. The number of hydrogen-bond acceptors (Lipinski definition) is 6. The van der Waals surface area contributed by atoms with Crippen LogP contribution in [0.2, 0.25) is 0 Å². The van der Waals surface area contributed by atoms with Crippen LogP contribution in [0.5, 0.6) is 23.0 Å². The van der Waals surface area contributed by atoms with Gasteiger partial charge in [-0.05, 0) is 63.9 Å². The number of benzene rings is 2. The molecule has 188 valence electrons. The van der Waals surface area contributed by atoms with Gasteiger partial charge in [0.15, 0.2) is 17.3 Å². The van der Waals surface area contributed by atoms with Gasteiger partial charge in [-0.3, -0.25) is 9.59 Å². The van der Waals surface area contributed by atoms with Crippen molar-refractivity contribution in [2.45, 2.75) is 59.5 Å². The van der Waals surface area contributed by atoms with E-state index in [1.807, 2.05) is 51.7 Å². The number of rotatable bonds is 7. The number of hydrogen-bond donors (Lipinski definition) is 0. The third-order valence-corrected chi connectivity index (χ3v) is 6.65. The summed E-state index contributed by atoms with van der Waals surface area (Å²) in [4.78, 5) is 28.3. The smallest absolute Gasteiger partial charge is 0.254 e. The molecule has 7 heteroatoms. The Labute approximate surface area is 207 Å². The Morgan fingerprint density at radius 3 is 2.11 bits per heavy atom. The number of Topliss-reactive ketones (excluding diaryl/α,β-unsaturated/α-hetero) is 1. The lowest BCUT2D eigenvalue weighted by Crippen LogP contribution is -2.52. The molecule has 2 aromatic rings. The summed E-state index contributed by atoms with van der Waals surface area (Å²) in [6.07, 6.45) is 1.55. The van der Waals surface area contributed by atoms with Gasteiger partial charge >= 0.3 is 0 Å². The molecule has 4 rings (SSSR count). The van der Waals surface area contributed by atoms with Crippen LogP contribution >= 0.6 is 0 Å². The molecule has 0 unspecified atom stereocenters. The number of carbonyl (C=O) groups is 2. The highest BCUT2D eigenvalue weighted by molar-refractivity contribution is 6.02. The molecule has 0 aromatic heterocycles. The minimum atomic E-state index is -0.563. The predicted molar refractivity (Wildman–Crippen MR) is 133 cm³/mol. The van der Waals surface area contributed by atoms with Gasteiger partial charge in [0, 0.05) is 31.5 Å². The fraction of sp³-hybridized carbons (Fsp3) is 0.500. The molecule has 7 nitrogen and oxygen atoms in total. The molecule has 2 aromatic carbocycles. The molecule has 0 bridgehead atoms. The van der Waals surface area contributed by atoms with Crippen LogP contribution in [0.15, 0.2) is 24.3 Å². The second-order valence-corrected chi connectivity index (χ2v) is 9.23. The lowest BCUT2D eigenvalue weighted by Gasteiger charge is -2.44. The van der Waals surface area contributed by atoms with E-state index in [1.165, 1.54) is 0 Å². The molecule has 1 amide bonds. The van der Waals surface area contributed by atoms with Gasteiger partial charge in [-0.25, -0.2) is 0 Å². The highest BCUT2D eigenvalue weighted by atomic mass is 16.5. The molecule has 35 heavy (non-hydrogen) atoms. The Hall–Kier alpha value is -3.22. The molecule has 2 aliphatic rings. The molecule has 0 atom stereocenters. The number of nitrogens with zero attached hydrogens (tertiary/aromatic N) is 1. The fourth-order valence-corrected chi connectivity index (χ4v) is 5.11. The molecule has 0 aliphatic carbocycles. The van der Waals surface area contributed by atoms with Gasteiger partial charge < -0.3 is 23.8 Å². The average molecular weight is 482 g/mol. The molecular formula is C28H35NO6. The van der Waals surface area contributed by atoms with Crippen molar-refractivity contribution in [2.24, 2.45) is 0 Å². The molecule has 1 saturated heterocycles. The van der Waals surface area contributed by atoms with E-state index in [1.54, 1.807) is 12.1 Å². The summed E-state index contributed by atoms with van der Waals surface area (Å²) in [6, 6.07) is 7.42. The monoisotopic (exact) mass is 481 g/mol. The first-order valence-corrected chi connectivity index (χ1v) is 12.5. The van der Waals surface area contributed by atoms with Crippen LogP contribution in [-0.2, 0) is 0 Å². The maximum atomic E-state index is 13.5. The lowest BCUT2D eigenvalue weighted by atomic mass is 9.81. The number of piperidine rings is 1. The number of fused-ring (bicyclic) bond motifs is 1. The van der Waals surface area contributed by atoms with Crippen LogP contribution in [0, 0.1) is 13.8 Å².